The van der Waals surface area contributed by atoms with E-state index in [2.05, 4.69) is 15.4 Å². The number of ether oxygens (including phenoxy) is 2. The van der Waals surface area contributed by atoms with Crippen LogP contribution in [-0.4, -0.2) is 51.8 Å². The molecule has 94 valence electrons. The van der Waals surface area contributed by atoms with Crippen molar-refractivity contribution in [1.82, 2.24) is 10.6 Å². The van der Waals surface area contributed by atoms with Crippen molar-refractivity contribution in [3.63, 3.8) is 0 Å². The Hall–Kier alpha value is -1.14. The molecule has 0 bridgehead atoms. The molecule has 0 aromatic carbocycles. The number of esters is 1. The minimum atomic E-state index is -0.332. The molecule has 0 aliphatic rings. The van der Waals surface area contributed by atoms with E-state index in [-0.39, 0.29) is 24.3 Å². The fraction of sp³-hybridized carbons (Fsp3) is 0.800. The van der Waals surface area contributed by atoms with Crippen molar-refractivity contribution in [2.24, 2.45) is 0 Å². The Morgan fingerprint density at radius 3 is 2.50 bits per heavy atom. The minimum Gasteiger partial charge on any atom is -0.469 e. The number of hydrogen-bond acceptors (Lipinski definition) is 5. The molecule has 0 aromatic heterocycles. The monoisotopic (exact) mass is 232 g/mol. The van der Waals surface area contributed by atoms with Gasteiger partial charge in [-0.05, 0) is 6.92 Å². The minimum absolute atomic E-state index is 0.109. The Balaban J connectivity index is 3.58. The molecule has 1 amide bonds. The summed E-state index contributed by atoms with van der Waals surface area (Å²) in [5.74, 6) is -0.401. The van der Waals surface area contributed by atoms with Crippen molar-refractivity contribution in [3.8, 4) is 0 Å². The van der Waals surface area contributed by atoms with Crippen molar-refractivity contribution in [1.29, 1.82) is 0 Å². The zero-order valence-corrected chi connectivity index (χ0v) is 10.0. The number of amides is 1. The van der Waals surface area contributed by atoms with Crippen LogP contribution in [0.3, 0.4) is 0 Å². The molecule has 0 aliphatic heterocycles. The number of nitrogens with one attached hydrogen (secondary N) is 2. The number of hydrogen-bond donors (Lipinski definition) is 2. The third kappa shape index (κ3) is 7.19. The standard InChI is InChI=1S/C10H20N2O4/c1-8(10(14)12-6-7-15-2)11-5-4-9(13)16-3/h8,11H,4-7H2,1-3H3,(H,12,14). The second-order valence-corrected chi connectivity index (χ2v) is 3.29. The highest BCUT2D eigenvalue weighted by atomic mass is 16.5. The van der Waals surface area contributed by atoms with E-state index in [0.717, 1.165) is 0 Å². The third-order valence-corrected chi connectivity index (χ3v) is 2.01. The molecule has 0 spiro atoms. The van der Waals surface area contributed by atoms with Crippen LogP contribution < -0.4 is 10.6 Å². The SMILES string of the molecule is COCCNC(=O)C(C)NCCC(=O)OC. The quantitative estimate of drug-likeness (QED) is 0.427. The van der Waals surface area contributed by atoms with Crippen LogP contribution in [0, 0.1) is 0 Å². The molecule has 2 N–H and O–H groups in total. The topological polar surface area (TPSA) is 76.7 Å². The van der Waals surface area contributed by atoms with Crippen molar-refractivity contribution in [2.45, 2.75) is 19.4 Å². The second kappa shape index (κ2) is 9.11. The number of rotatable bonds is 8. The largest absolute Gasteiger partial charge is 0.469 e. The first kappa shape index (κ1) is 14.9. The van der Waals surface area contributed by atoms with Crippen molar-refractivity contribution in [3.05, 3.63) is 0 Å². The lowest BCUT2D eigenvalue weighted by Crippen LogP contribution is -2.43. The maximum Gasteiger partial charge on any atom is 0.306 e. The van der Waals surface area contributed by atoms with E-state index < -0.39 is 0 Å². The Labute approximate surface area is 95.7 Å². The van der Waals surface area contributed by atoms with Gasteiger partial charge < -0.3 is 20.1 Å². The fourth-order valence-corrected chi connectivity index (χ4v) is 1.01. The summed E-state index contributed by atoms with van der Waals surface area (Å²) in [6.07, 6.45) is 0.256. The van der Waals surface area contributed by atoms with Gasteiger partial charge in [0.15, 0.2) is 0 Å². The predicted molar refractivity (Wildman–Crippen MR) is 59.0 cm³/mol. The highest BCUT2D eigenvalue weighted by Gasteiger charge is 2.11. The van der Waals surface area contributed by atoms with Crippen molar-refractivity contribution >= 4 is 11.9 Å². The van der Waals surface area contributed by atoms with Gasteiger partial charge in [-0.2, -0.15) is 0 Å². The molecule has 0 aliphatic carbocycles. The molecular formula is C10H20N2O4. The van der Waals surface area contributed by atoms with Gasteiger partial charge in [-0.25, -0.2) is 0 Å². The molecule has 0 radical (unpaired) electrons. The maximum atomic E-state index is 11.4. The van der Waals surface area contributed by atoms with Crippen LogP contribution in [0.15, 0.2) is 0 Å². The van der Waals surface area contributed by atoms with Gasteiger partial charge in [-0.1, -0.05) is 0 Å². The molecule has 1 atom stereocenters. The van der Waals surface area contributed by atoms with Gasteiger partial charge in [0, 0.05) is 20.2 Å². The van der Waals surface area contributed by atoms with Gasteiger partial charge >= 0.3 is 5.97 Å². The van der Waals surface area contributed by atoms with Gasteiger partial charge in [0.1, 0.15) is 0 Å². The highest BCUT2D eigenvalue weighted by molar-refractivity contribution is 5.81. The Kier molecular flexibility index (Phi) is 8.46. The van der Waals surface area contributed by atoms with E-state index in [4.69, 9.17) is 4.74 Å². The van der Waals surface area contributed by atoms with Gasteiger partial charge in [0.05, 0.1) is 26.2 Å². The van der Waals surface area contributed by atoms with E-state index in [0.29, 0.717) is 19.7 Å². The molecule has 0 aromatic rings. The van der Waals surface area contributed by atoms with Gasteiger partial charge in [0.25, 0.3) is 0 Å². The smallest absolute Gasteiger partial charge is 0.306 e. The number of carbonyl (C=O) groups excluding carboxylic acids is 2. The van der Waals surface area contributed by atoms with E-state index in [1.807, 2.05) is 0 Å². The van der Waals surface area contributed by atoms with Crippen molar-refractivity contribution in [2.75, 3.05) is 33.9 Å². The summed E-state index contributed by atoms with van der Waals surface area (Å²) in [7, 11) is 2.91. The molecule has 0 saturated heterocycles. The van der Waals surface area contributed by atoms with E-state index >= 15 is 0 Å². The number of carbonyl (C=O) groups is 2. The lowest BCUT2D eigenvalue weighted by molar-refractivity contribution is -0.140. The molecule has 0 heterocycles. The molecule has 0 rings (SSSR count). The van der Waals surface area contributed by atoms with E-state index in [1.54, 1.807) is 14.0 Å². The first-order valence-electron chi connectivity index (χ1n) is 5.18. The van der Waals surface area contributed by atoms with Crippen LogP contribution >= 0.6 is 0 Å². The second-order valence-electron chi connectivity index (χ2n) is 3.29. The third-order valence-electron chi connectivity index (χ3n) is 2.01. The fourth-order valence-electron chi connectivity index (χ4n) is 1.01. The maximum absolute atomic E-state index is 11.4. The molecule has 6 nitrogen and oxygen atoms in total. The Morgan fingerprint density at radius 2 is 1.94 bits per heavy atom. The van der Waals surface area contributed by atoms with Crippen LogP contribution in [0.4, 0.5) is 0 Å². The zero-order valence-electron chi connectivity index (χ0n) is 10.0. The Morgan fingerprint density at radius 1 is 1.25 bits per heavy atom. The van der Waals surface area contributed by atoms with Crippen LogP contribution in [-0.2, 0) is 19.1 Å². The summed E-state index contributed by atoms with van der Waals surface area (Å²) < 4.78 is 9.28. The molecule has 0 saturated carbocycles. The summed E-state index contributed by atoms with van der Waals surface area (Å²) in [4.78, 5) is 22.2. The van der Waals surface area contributed by atoms with Crippen LogP contribution in [0.2, 0.25) is 0 Å². The lowest BCUT2D eigenvalue weighted by atomic mass is 10.3. The van der Waals surface area contributed by atoms with Crippen molar-refractivity contribution < 1.29 is 19.1 Å². The Bertz CT molecular complexity index is 221. The van der Waals surface area contributed by atoms with Gasteiger partial charge in [-0.3, -0.25) is 9.59 Å². The molecular weight excluding hydrogens is 212 g/mol. The summed E-state index contributed by atoms with van der Waals surface area (Å²) in [6.45, 7) is 3.13. The highest BCUT2D eigenvalue weighted by Crippen LogP contribution is 1.86. The van der Waals surface area contributed by atoms with E-state index in [1.165, 1.54) is 7.11 Å². The first-order valence-corrected chi connectivity index (χ1v) is 5.18. The lowest BCUT2D eigenvalue weighted by Gasteiger charge is -2.13. The summed E-state index contributed by atoms with van der Waals surface area (Å²) in [6, 6.07) is -0.332. The van der Waals surface area contributed by atoms with Gasteiger partial charge in [-0.15, -0.1) is 0 Å². The van der Waals surface area contributed by atoms with Gasteiger partial charge in [0.2, 0.25) is 5.91 Å². The normalized spacial score (nSPS) is 11.9. The summed E-state index contributed by atoms with van der Waals surface area (Å²) >= 11 is 0. The molecule has 6 heteroatoms. The van der Waals surface area contributed by atoms with Crippen LogP contribution in [0.5, 0.6) is 0 Å². The zero-order chi connectivity index (χ0) is 12.4. The summed E-state index contributed by atoms with van der Waals surface area (Å²) in [5, 5.41) is 5.61. The molecule has 16 heavy (non-hydrogen) atoms. The average Bonchev–Trinajstić information content (AvgIpc) is 2.28. The molecule has 0 fully saturated rings. The van der Waals surface area contributed by atoms with E-state index in [9.17, 15) is 9.59 Å². The molecule has 1 unspecified atom stereocenters. The van der Waals surface area contributed by atoms with Crippen LogP contribution in [0.25, 0.3) is 0 Å². The van der Waals surface area contributed by atoms with Crippen LogP contribution in [0.1, 0.15) is 13.3 Å². The summed E-state index contributed by atoms with van der Waals surface area (Å²) in [5.41, 5.74) is 0. The average molecular weight is 232 g/mol. The number of methoxy groups -OCH3 is 2. The first-order chi connectivity index (χ1) is 7.61. The predicted octanol–water partition coefficient (Wildman–Crippen LogP) is -0.710.